The first-order chi connectivity index (χ1) is 7.49. The van der Waals surface area contributed by atoms with Gasteiger partial charge in [-0.1, -0.05) is 18.5 Å². The minimum Gasteiger partial charge on any atom is -0.395 e. The van der Waals surface area contributed by atoms with Gasteiger partial charge in [0.15, 0.2) is 0 Å². The fraction of sp³-hybridized carbons (Fsp3) is 0.400. The van der Waals surface area contributed by atoms with Crippen LogP contribution in [0.2, 0.25) is 5.02 Å². The SMILES string of the molecule is CC[C@H](CO)NS(=O)(=O)c1ccc(Cl)cc1. The van der Waals surface area contributed by atoms with E-state index in [0.717, 1.165) is 0 Å². The van der Waals surface area contributed by atoms with E-state index >= 15 is 0 Å². The molecule has 90 valence electrons. The first-order valence-corrected chi connectivity index (χ1v) is 6.74. The summed E-state index contributed by atoms with van der Waals surface area (Å²) in [7, 11) is -3.57. The Labute approximate surface area is 100 Å². The number of halogens is 1. The first kappa shape index (κ1) is 13.4. The molecule has 0 saturated heterocycles. The zero-order chi connectivity index (χ0) is 12.2. The van der Waals surface area contributed by atoms with Crippen molar-refractivity contribution in [3.8, 4) is 0 Å². The highest BCUT2D eigenvalue weighted by Crippen LogP contribution is 2.14. The molecule has 16 heavy (non-hydrogen) atoms. The van der Waals surface area contributed by atoms with Crippen molar-refractivity contribution in [2.75, 3.05) is 6.61 Å². The molecule has 0 heterocycles. The summed E-state index contributed by atoms with van der Waals surface area (Å²) >= 11 is 5.67. The van der Waals surface area contributed by atoms with Gasteiger partial charge in [-0.05, 0) is 30.7 Å². The molecule has 0 amide bonds. The van der Waals surface area contributed by atoms with Gasteiger partial charge >= 0.3 is 0 Å². The van der Waals surface area contributed by atoms with E-state index < -0.39 is 16.1 Å². The van der Waals surface area contributed by atoms with Gasteiger partial charge in [-0.25, -0.2) is 13.1 Å². The van der Waals surface area contributed by atoms with E-state index in [1.807, 2.05) is 0 Å². The second kappa shape index (κ2) is 5.63. The van der Waals surface area contributed by atoms with E-state index in [9.17, 15) is 8.42 Å². The topological polar surface area (TPSA) is 66.4 Å². The van der Waals surface area contributed by atoms with Crippen molar-refractivity contribution in [1.82, 2.24) is 4.72 Å². The second-order valence-corrected chi connectivity index (χ2v) is 5.51. The second-order valence-electron chi connectivity index (χ2n) is 3.36. The Morgan fingerprint density at radius 2 is 1.94 bits per heavy atom. The Morgan fingerprint density at radius 3 is 2.38 bits per heavy atom. The lowest BCUT2D eigenvalue weighted by atomic mass is 10.3. The summed E-state index contributed by atoms with van der Waals surface area (Å²) in [4.78, 5) is 0.142. The summed E-state index contributed by atoms with van der Waals surface area (Å²) in [5.41, 5.74) is 0. The average molecular weight is 264 g/mol. The molecule has 1 rings (SSSR count). The summed E-state index contributed by atoms with van der Waals surface area (Å²) in [5, 5.41) is 9.41. The molecule has 0 unspecified atom stereocenters. The van der Waals surface area contributed by atoms with Crippen LogP contribution in [0.1, 0.15) is 13.3 Å². The molecular formula is C10H14ClNO3S. The van der Waals surface area contributed by atoms with Crippen LogP contribution in [-0.4, -0.2) is 26.2 Å². The monoisotopic (exact) mass is 263 g/mol. The molecule has 1 aromatic rings. The molecule has 2 N–H and O–H groups in total. The maximum Gasteiger partial charge on any atom is 0.240 e. The maximum atomic E-state index is 11.8. The first-order valence-electron chi connectivity index (χ1n) is 4.88. The van der Waals surface area contributed by atoms with Crippen LogP contribution in [0.15, 0.2) is 29.2 Å². The van der Waals surface area contributed by atoms with Crippen molar-refractivity contribution >= 4 is 21.6 Å². The van der Waals surface area contributed by atoms with Gasteiger partial charge in [0, 0.05) is 11.1 Å². The van der Waals surface area contributed by atoms with Gasteiger partial charge in [-0.2, -0.15) is 0 Å². The van der Waals surface area contributed by atoms with E-state index in [1.54, 1.807) is 6.92 Å². The van der Waals surface area contributed by atoms with Gasteiger partial charge in [-0.3, -0.25) is 0 Å². The third-order valence-corrected chi connectivity index (χ3v) is 3.95. The Kier molecular flexibility index (Phi) is 4.73. The molecule has 0 aliphatic heterocycles. The van der Waals surface area contributed by atoms with E-state index in [2.05, 4.69) is 4.72 Å². The molecule has 0 saturated carbocycles. The van der Waals surface area contributed by atoms with Crippen LogP contribution >= 0.6 is 11.6 Å². The lowest BCUT2D eigenvalue weighted by Crippen LogP contribution is -2.36. The van der Waals surface area contributed by atoms with Crippen LogP contribution in [0.5, 0.6) is 0 Å². The Morgan fingerprint density at radius 1 is 1.38 bits per heavy atom. The van der Waals surface area contributed by atoms with Gasteiger partial charge in [0.25, 0.3) is 0 Å². The van der Waals surface area contributed by atoms with E-state index in [0.29, 0.717) is 11.4 Å². The highest BCUT2D eigenvalue weighted by Gasteiger charge is 2.17. The molecule has 0 spiro atoms. The molecule has 0 bridgehead atoms. The zero-order valence-corrected chi connectivity index (χ0v) is 10.4. The fourth-order valence-electron chi connectivity index (χ4n) is 1.15. The van der Waals surface area contributed by atoms with Gasteiger partial charge in [0.1, 0.15) is 0 Å². The molecule has 1 aromatic carbocycles. The molecular weight excluding hydrogens is 250 g/mol. The highest BCUT2D eigenvalue weighted by atomic mass is 35.5. The van der Waals surface area contributed by atoms with Crippen LogP contribution in [0.3, 0.4) is 0 Å². The molecule has 1 atom stereocenters. The van der Waals surface area contributed by atoms with E-state index in [4.69, 9.17) is 16.7 Å². The predicted molar refractivity (Wildman–Crippen MR) is 62.9 cm³/mol. The van der Waals surface area contributed by atoms with Gasteiger partial charge in [-0.15, -0.1) is 0 Å². The number of sulfonamides is 1. The maximum absolute atomic E-state index is 11.8. The number of aliphatic hydroxyl groups excluding tert-OH is 1. The minimum absolute atomic E-state index is 0.142. The Balaban J connectivity index is 2.89. The molecule has 0 aliphatic carbocycles. The van der Waals surface area contributed by atoms with Crippen molar-refractivity contribution in [3.63, 3.8) is 0 Å². The third-order valence-electron chi connectivity index (χ3n) is 2.16. The smallest absolute Gasteiger partial charge is 0.240 e. The quantitative estimate of drug-likeness (QED) is 0.844. The highest BCUT2D eigenvalue weighted by molar-refractivity contribution is 7.89. The van der Waals surface area contributed by atoms with Crippen LogP contribution in [-0.2, 0) is 10.0 Å². The molecule has 0 aromatic heterocycles. The summed E-state index contributed by atoms with van der Waals surface area (Å²) in [6, 6.07) is 5.41. The summed E-state index contributed by atoms with van der Waals surface area (Å²) in [6.45, 7) is 1.58. The molecule has 6 heteroatoms. The Bertz CT molecular complexity index is 426. The number of benzene rings is 1. The van der Waals surface area contributed by atoms with Crippen molar-refractivity contribution in [2.45, 2.75) is 24.3 Å². The molecule has 0 aliphatic rings. The van der Waals surface area contributed by atoms with Crippen LogP contribution in [0, 0.1) is 0 Å². The summed E-state index contributed by atoms with van der Waals surface area (Å²) in [6.07, 6.45) is 0.531. The molecule has 0 fully saturated rings. The lowest BCUT2D eigenvalue weighted by Gasteiger charge is -2.14. The van der Waals surface area contributed by atoms with Gasteiger partial charge in [0.05, 0.1) is 11.5 Å². The molecule has 4 nitrogen and oxygen atoms in total. The number of aliphatic hydroxyl groups is 1. The number of hydrogen-bond donors (Lipinski definition) is 2. The summed E-state index contributed by atoms with van der Waals surface area (Å²) < 4.78 is 26.0. The fourth-order valence-corrected chi connectivity index (χ4v) is 2.59. The number of rotatable bonds is 5. The zero-order valence-electron chi connectivity index (χ0n) is 8.85. The predicted octanol–water partition coefficient (Wildman–Crippen LogP) is 1.39. The van der Waals surface area contributed by atoms with Crippen LogP contribution < -0.4 is 4.72 Å². The van der Waals surface area contributed by atoms with E-state index in [-0.39, 0.29) is 11.5 Å². The molecule has 0 radical (unpaired) electrons. The van der Waals surface area contributed by atoms with Crippen molar-refractivity contribution in [2.24, 2.45) is 0 Å². The third kappa shape index (κ3) is 3.45. The van der Waals surface area contributed by atoms with Gasteiger partial charge in [0.2, 0.25) is 10.0 Å². The van der Waals surface area contributed by atoms with Crippen LogP contribution in [0.25, 0.3) is 0 Å². The lowest BCUT2D eigenvalue weighted by molar-refractivity contribution is 0.254. The standard InChI is InChI=1S/C10H14ClNO3S/c1-2-9(7-13)12-16(14,15)10-5-3-8(11)4-6-10/h3-6,9,12-13H,2,7H2,1H3/t9-/m1/s1. The number of hydrogen-bond acceptors (Lipinski definition) is 3. The van der Waals surface area contributed by atoms with Crippen molar-refractivity contribution in [3.05, 3.63) is 29.3 Å². The van der Waals surface area contributed by atoms with Crippen LogP contribution in [0.4, 0.5) is 0 Å². The van der Waals surface area contributed by atoms with Crippen molar-refractivity contribution < 1.29 is 13.5 Å². The van der Waals surface area contributed by atoms with E-state index in [1.165, 1.54) is 24.3 Å². The van der Waals surface area contributed by atoms with Crippen molar-refractivity contribution in [1.29, 1.82) is 0 Å². The Hall–Kier alpha value is -0.620. The number of nitrogens with one attached hydrogen (secondary N) is 1. The normalized spacial score (nSPS) is 13.7. The minimum atomic E-state index is -3.57. The summed E-state index contributed by atoms with van der Waals surface area (Å²) in [5.74, 6) is 0. The van der Waals surface area contributed by atoms with Gasteiger partial charge < -0.3 is 5.11 Å². The average Bonchev–Trinajstić information content (AvgIpc) is 2.26. The largest absolute Gasteiger partial charge is 0.395 e.